The third-order valence-corrected chi connectivity index (χ3v) is 6.62. The number of rotatable bonds is 2. The number of benzene rings is 1. The molecule has 0 N–H and O–H groups in total. The van der Waals surface area contributed by atoms with Crippen LogP contribution in [0.4, 0.5) is 0 Å². The van der Waals surface area contributed by atoms with E-state index >= 15 is 0 Å². The lowest BCUT2D eigenvalue weighted by Crippen LogP contribution is -2.33. The number of carbonyl (C=O) groups is 2. The van der Waals surface area contributed by atoms with Gasteiger partial charge in [0.1, 0.15) is 0 Å². The molecule has 0 spiro atoms. The number of hydrogen-bond donors (Lipinski definition) is 0. The highest BCUT2D eigenvalue weighted by atomic mass is 79.9. The Balaban J connectivity index is 1.81. The molecule has 0 bridgehead atoms. The van der Waals surface area contributed by atoms with Crippen molar-refractivity contribution in [2.45, 2.75) is 51.4 Å². The summed E-state index contributed by atoms with van der Waals surface area (Å²) in [6.45, 7) is 3.27. The molecule has 6 heteroatoms. The predicted molar refractivity (Wildman–Crippen MR) is 111 cm³/mol. The molecule has 2 aliphatic heterocycles. The highest BCUT2D eigenvalue weighted by Crippen LogP contribution is 2.29. The van der Waals surface area contributed by atoms with Gasteiger partial charge in [-0.2, -0.15) is 0 Å². The normalized spacial score (nSPS) is 19.0. The van der Waals surface area contributed by atoms with E-state index in [0.717, 1.165) is 51.9 Å². The minimum atomic E-state index is 0.0493. The average Bonchev–Trinajstić information content (AvgIpc) is 3.07. The lowest BCUT2D eigenvalue weighted by Gasteiger charge is -2.23. The number of likely N-dealkylation sites (tertiary alicyclic amines) is 2. The Bertz CT molecular complexity index is 604. The number of amides is 2. The summed E-state index contributed by atoms with van der Waals surface area (Å²) in [6, 6.07) is 3.62. The van der Waals surface area contributed by atoms with Crippen molar-refractivity contribution in [1.82, 2.24) is 9.80 Å². The second-order valence-corrected chi connectivity index (χ2v) is 8.93. The zero-order chi connectivity index (χ0) is 18.5. The molecule has 2 fully saturated rings. The standard InChI is InChI=1S/C20H26Br2N2O2/c21-17-14-16(20(26)24-11-7-3-4-8-12-24)18(22)13-15(17)19(25)23-9-5-1-2-6-10-23/h13-14H,1-12H2. The van der Waals surface area contributed by atoms with Gasteiger partial charge in [0.2, 0.25) is 0 Å². The van der Waals surface area contributed by atoms with Crippen molar-refractivity contribution < 1.29 is 9.59 Å². The number of nitrogens with zero attached hydrogens (tertiary/aromatic N) is 2. The first-order chi connectivity index (χ1) is 12.6. The first-order valence-electron chi connectivity index (χ1n) is 9.65. The van der Waals surface area contributed by atoms with Gasteiger partial charge >= 0.3 is 0 Å². The topological polar surface area (TPSA) is 40.6 Å². The van der Waals surface area contributed by atoms with Crippen LogP contribution in [0.5, 0.6) is 0 Å². The Morgan fingerprint density at radius 2 is 0.923 bits per heavy atom. The van der Waals surface area contributed by atoms with E-state index in [1.807, 2.05) is 21.9 Å². The minimum Gasteiger partial charge on any atom is -0.339 e. The van der Waals surface area contributed by atoms with E-state index in [-0.39, 0.29) is 11.8 Å². The molecule has 0 unspecified atom stereocenters. The van der Waals surface area contributed by atoms with Crippen LogP contribution in [-0.4, -0.2) is 47.8 Å². The molecule has 0 saturated carbocycles. The molecule has 26 heavy (non-hydrogen) atoms. The van der Waals surface area contributed by atoms with Crippen molar-refractivity contribution in [1.29, 1.82) is 0 Å². The van der Waals surface area contributed by atoms with Crippen LogP contribution in [0, 0.1) is 0 Å². The van der Waals surface area contributed by atoms with Crippen molar-refractivity contribution in [2.75, 3.05) is 26.2 Å². The molecule has 0 atom stereocenters. The summed E-state index contributed by atoms with van der Waals surface area (Å²) in [5, 5.41) is 0. The molecule has 3 rings (SSSR count). The van der Waals surface area contributed by atoms with Gasteiger partial charge in [-0.15, -0.1) is 0 Å². The fraction of sp³-hybridized carbons (Fsp3) is 0.600. The molecule has 0 radical (unpaired) electrons. The predicted octanol–water partition coefficient (Wildman–Crippen LogP) is 5.24. The van der Waals surface area contributed by atoms with E-state index in [4.69, 9.17) is 0 Å². The van der Waals surface area contributed by atoms with E-state index in [1.165, 1.54) is 25.7 Å². The third kappa shape index (κ3) is 4.69. The molecule has 2 saturated heterocycles. The van der Waals surface area contributed by atoms with Crippen LogP contribution in [0.15, 0.2) is 21.1 Å². The molecule has 1 aromatic carbocycles. The van der Waals surface area contributed by atoms with E-state index in [9.17, 15) is 9.59 Å². The van der Waals surface area contributed by atoms with Crippen LogP contribution in [0.2, 0.25) is 0 Å². The fourth-order valence-electron chi connectivity index (χ4n) is 3.76. The van der Waals surface area contributed by atoms with Crippen molar-refractivity contribution in [3.63, 3.8) is 0 Å². The fourth-order valence-corrected chi connectivity index (χ4v) is 4.79. The van der Waals surface area contributed by atoms with Crippen molar-refractivity contribution in [3.05, 3.63) is 32.2 Å². The largest absolute Gasteiger partial charge is 0.339 e. The van der Waals surface area contributed by atoms with Gasteiger partial charge in [-0.05, 0) is 69.7 Å². The molecule has 0 aromatic heterocycles. The van der Waals surface area contributed by atoms with Gasteiger partial charge in [-0.1, -0.05) is 25.7 Å². The summed E-state index contributed by atoms with van der Waals surface area (Å²) in [7, 11) is 0. The smallest absolute Gasteiger partial charge is 0.255 e. The molecule has 2 amide bonds. The summed E-state index contributed by atoms with van der Waals surface area (Å²) < 4.78 is 1.40. The summed E-state index contributed by atoms with van der Waals surface area (Å²) in [5.74, 6) is 0.0986. The Labute approximate surface area is 172 Å². The lowest BCUT2D eigenvalue weighted by molar-refractivity contribution is 0.0748. The van der Waals surface area contributed by atoms with E-state index in [2.05, 4.69) is 31.9 Å². The van der Waals surface area contributed by atoms with Crippen LogP contribution in [0.25, 0.3) is 0 Å². The number of halogens is 2. The summed E-state index contributed by atoms with van der Waals surface area (Å²) in [6.07, 6.45) is 9.03. The summed E-state index contributed by atoms with van der Waals surface area (Å²) in [4.78, 5) is 29.7. The second kappa shape index (κ2) is 9.36. The van der Waals surface area contributed by atoms with Crippen molar-refractivity contribution in [2.24, 2.45) is 0 Å². The van der Waals surface area contributed by atoms with Gasteiger partial charge in [-0.25, -0.2) is 0 Å². The molecule has 2 heterocycles. The van der Waals surface area contributed by atoms with Gasteiger partial charge in [-0.3, -0.25) is 9.59 Å². The molecular formula is C20H26Br2N2O2. The van der Waals surface area contributed by atoms with Gasteiger partial charge < -0.3 is 9.80 Å². The Kier molecular flexibility index (Phi) is 7.15. The zero-order valence-electron chi connectivity index (χ0n) is 15.1. The molecular weight excluding hydrogens is 460 g/mol. The number of carbonyl (C=O) groups excluding carboxylic acids is 2. The van der Waals surface area contributed by atoms with E-state index < -0.39 is 0 Å². The Morgan fingerprint density at radius 1 is 0.615 bits per heavy atom. The molecule has 1 aromatic rings. The monoisotopic (exact) mass is 484 g/mol. The maximum absolute atomic E-state index is 12.9. The zero-order valence-corrected chi connectivity index (χ0v) is 18.3. The van der Waals surface area contributed by atoms with Gasteiger partial charge in [0.05, 0.1) is 11.1 Å². The number of hydrogen-bond acceptors (Lipinski definition) is 2. The SMILES string of the molecule is O=C(c1cc(Br)c(C(=O)N2CCCCCC2)cc1Br)N1CCCCCC1. The molecule has 4 nitrogen and oxygen atoms in total. The summed E-state index contributed by atoms with van der Waals surface area (Å²) >= 11 is 7.07. The van der Waals surface area contributed by atoms with Crippen LogP contribution >= 0.6 is 31.9 Å². The lowest BCUT2D eigenvalue weighted by atomic mass is 10.1. The van der Waals surface area contributed by atoms with Crippen molar-refractivity contribution >= 4 is 43.7 Å². The van der Waals surface area contributed by atoms with Gasteiger partial charge in [0.25, 0.3) is 11.8 Å². The van der Waals surface area contributed by atoms with Gasteiger partial charge in [0, 0.05) is 35.1 Å². The molecule has 142 valence electrons. The maximum Gasteiger partial charge on any atom is 0.255 e. The molecule has 2 aliphatic rings. The second-order valence-electron chi connectivity index (χ2n) is 7.22. The van der Waals surface area contributed by atoms with E-state index in [1.54, 1.807) is 0 Å². The van der Waals surface area contributed by atoms with Crippen LogP contribution in [0.3, 0.4) is 0 Å². The first-order valence-corrected chi connectivity index (χ1v) is 11.2. The first kappa shape index (κ1) is 19.9. The summed E-state index contributed by atoms with van der Waals surface area (Å²) in [5.41, 5.74) is 1.26. The van der Waals surface area contributed by atoms with Crippen LogP contribution in [-0.2, 0) is 0 Å². The minimum absolute atomic E-state index is 0.0493. The Hall–Kier alpha value is -0.880. The van der Waals surface area contributed by atoms with E-state index in [0.29, 0.717) is 20.1 Å². The molecule has 0 aliphatic carbocycles. The van der Waals surface area contributed by atoms with Crippen LogP contribution < -0.4 is 0 Å². The maximum atomic E-state index is 12.9. The van der Waals surface area contributed by atoms with Crippen LogP contribution in [0.1, 0.15) is 72.1 Å². The highest BCUT2D eigenvalue weighted by molar-refractivity contribution is 9.11. The van der Waals surface area contributed by atoms with Crippen molar-refractivity contribution in [3.8, 4) is 0 Å². The highest BCUT2D eigenvalue weighted by Gasteiger charge is 2.24. The average molecular weight is 486 g/mol. The quantitative estimate of drug-likeness (QED) is 0.574. The van der Waals surface area contributed by atoms with Gasteiger partial charge in [0.15, 0.2) is 0 Å². The Morgan fingerprint density at radius 3 is 1.23 bits per heavy atom. The third-order valence-electron chi connectivity index (χ3n) is 5.30.